The van der Waals surface area contributed by atoms with Crippen LogP contribution in [0, 0.1) is 12.7 Å². The molecule has 0 radical (unpaired) electrons. The van der Waals surface area contributed by atoms with Gasteiger partial charge < -0.3 is 4.57 Å². The molecule has 1 aliphatic rings. The molecule has 1 aliphatic heterocycles. The second-order valence-corrected chi connectivity index (χ2v) is 7.60. The van der Waals surface area contributed by atoms with Gasteiger partial charge in [-0.1, -0.05) is 23.8 Å². The lowest BCUT2D eigenvalue weighted by Crippen LogP contribution is -2.35. The van der Waals surface area contributed by atoms with Crippen LogP contribution in [0.4, 0.5) is 4.39 Å². The van der Waals surface area contributed by atoms with E-state index >= 15 is 0 Å². The molecule has 3 aromatic rings. The van der Waals surface area contributed by atoms with Crippen molar-refractivity contribution in [3.05, 3.63) is 70.7 Å². The number of rotatable bonds is 2. The summed E-state index contributed by atoms with van der Waals surface area (Å²) >= 11 is 0. The van der Waals surface area contributed by atoms with Gasteiger partial charge in [-0.15, -0.1) is 0 Å². The molecule has 0 saturated heterocycles. The van der Waals surface area contributed by atoms with Crippen LogP contribution in [0.25, 0.3) is 22.7 Å². The highest BCUT2D eigenvalue weighted by Crippen LogP contribution is 2.34. The van der Waals surface area contributed by atoms with Gasteiger partial charge in [0.1, 0.15) is 5.82 Å². The molecule has 2 nitrogen and oxygen atoms in total. The fourth-order valence-corrected chi connectivity index (χ4v) is 3.92. The van der Waals surface area contributed by atoms with Crippen LogP contribution in [0.15, 0.2) is 42.5 Å². The van der Waals surface area contributed by atoms with E-state index in [0.29, 0.717) is 6.04 Å². The highest BCUT2D eigenvalue weighted by Gasteiger charge is 2.26. The van der Waals surface area contributed by atoms with E-state index in [1.807, 2.05) is 12.1 Å². The normalized spacial score (nSPS) is 18.3. The molecule has 0 N–H and O–H groups in total. The number of aromatic nitrogens is 1. The zero-order valence-electron chi connectivity index (χ0n) is 15.9. The number of fused-ring (bicyclic) bond motifs is 3. The Morgan fingerprint density at radius 2 is 1.88 bits per heavy atom. The predicted molar refractivity (Wildman–Crippen MR) is 108 cm³/mol. The van der Waals surface area contributed by atoms with E-state index in [0.717, 1.165) is 24.1 Å². The van der Waals surface area contributed by atoms with Crippen molar-refractivity contribution in [2.75, 3.05) is 7.05 Å². The van der Waals surface area contributed by atoms with E-state index in [-0.39, 0.29) is 5.82 Å². The van der Waals surface area contributed by atoms with Crippen molar-refractivity contribution in [1.29, 1.82) is 0 Å². The summed E-state index contributed by atoms with van der Waals surface area (Å²) in [5.41, 5.74) is 7.57. The van der Waals surface area contributed by atoms with Gasteiger partial charge in [-0.2, -0.15) is 0 Å². The molecule has 2 heterocycles. The molecule has 0 amide bonds. The first kappa shape index (κ1) is 17.0. The Morgan fingerprint density at radius 3 is 2.62 bits per heavy atom. The minimum atomic E-state index is -0.197. The van der Waals surface area contributed by atoms with Crippen LogP contribution in [0.1, 0.15) is 36.2 Å². The summed E-state index contributed by atoms with van der Waals surface area (Å²) in [5.74, 6) is -0.197. The number of benzene rings is 2. The average Bonchev–Trinajstić information content (AvgIpc) is 2.88. The zero-order valence-corrected chi connectivity index (χ0v) is 15.9. The van der Waals surface area contributed by atoms with Gasteiger partial charge in [-0.25, -0.2) is 4.39 Å². The SMILES string of the molecule is C/C(=C/n1c2c(c3cc(C)ccc31)CN(C)C(C)C2)c1ccc(F)cc1. The summed E-state index contributed by atoms with van der Waals surface area (Å²) in [6.45, 7) is 7.51. The second-order valence-electron chi connectivity index (χ2n) is 7.60. The second kappa shape index (κ2) is 6.40. The number of hydrogen-bond donors (Lipinski definition) is 0. The smallest absolute Gasteiger partial charge is 0.123 e. The molecule has 0 fully saturated rings. The molecule has 0 bridgehead atoms. The van der Waals surface area contributed by atoms with Gasteiger partial charge in [0, 0.05) is 36.3 Å². The average molecular weight is 348 g/mol. The summed E-state index contributed by atoms with van der Waals surface area (Å²) < 4.78 is 15.6. The van der Waals surface area contributed by atoms with E-state index in [1.54, 1.807) is 0 Å². The lowest BCUT2D eigenvalue weighted by molar-refractivity contribution is 0.230. The number of aryl methyl sites for hydroxylation is 1. The molecule has 0 aliphatic carbocycles. The quantitative estimate of drug-likeness (QED) is 0.595. The molecular formula is C23H25FN2. The largest absolute Gasteiger partial charge is 0.320 e. The summed E-state index contributed by atoms with van der Waals surface area (Å²) in [5, 5.41) is 1.35. The van der Waals surface area contributed by atoms with Crippen LogP contribution in [-0.4, -0.2) is 22.6 Å². The van der Waals surface area contributed by atoms with Crippen molar-refractivity contribution in [3.8, 4) is 0 Å². The van der Waals surface area contributed by atoms with Crippen LogP contribution in [0.3, 0.4) is 0 Å². The predicted octanol–water partition coefficient (Wildman–Crippen LogP) is 5.48. The van der Waals surface area contributed by atoms with Gasteiger partial charge in [0.05, 0.1) is 5.52 Å². The Hall–Kier alpha value is -2.39. The van der Waals surface area contributed by atoms with Gasteiger partial charge >= 0.3 is 0 Å². The van der Waals surface area contributed by atoms with Crippen molar-refractivity contribution >= 4 is 22.7 Å². The van der Waals surface area contributed by atoms with Crippen molar-refractivity contribution in [2.24, 2.45) is 0 Å². The number of likely N-dealkylation sites (N-methyl/N-ethyl adjacent to an activating group) is 1. The Morgan fingerprint density at radius 1 is 1.15 bits per heavy atom. The number of nitrogens with zero attached hydrogens (tertiary/aromatic N) is 2. The molecule has 3 heteroatoms. The monoisotopic (exact) mass is 348 g/mol. The molecular weight excluding hydrogens is 323 g/mol. The van der Waals surface area contributed by atoms with Crippen LogP contribution in [0.5, 0.6) is 0 Å². The van der Waals surface area contributed by atoms with Crippen LogP contribution >= 0.6 is 0 Å². The highest BCUT2D eigenvalue weighted by atomic mass is 19.1. The Bertz CT molecular complexity index is 995. The van der Waals surface area contributed by atoms with E-state index < -0.39 is 0 Å². The molecule has 0 saturated carbocycles. The van der Waals surface area contributed by atoms with Crippen LogP contribution in [-0.2, 0) is 13.0 Å². The maximum Gasteiger partial charge on any atom is 0.123 e. The standard InChI is InChI=1S/C23H25FN2/c1-15-5-10-22-20(11-15)21-14-25(4)17(3)12-23(21)26(22)13-16(2)18-6-8-19(24)9-7-18/h5-11,13,17H,12,14H2,1-4H3/b16-13-. The lowest BCUT2D eigenvalue weighted by Gasteiger charge is -2.30. The summed E-state index contributed by atoms with van der Waals surface area (Å²) in [7, 11) is 2.20. The minimum Gasteiger partial charge on any atom is -0.320 e. The topological polar surface area (TPSA) is 8.17 Å². The van der Waals surface area contributed by atoms with Crippen LogP contribution < -0.4 is 0 Å². The van der Waals surface area contributed by atoms with E-state index in [9.17, 15) is 4.39 Å². The van der Waals surface area contributed by atoms with Crippen molar-refractivity contribution in [1.82, 2.24) is 9.47 Å². The molecule has 1 atom stereocenters. The highest BCUT2D eigenvalue weighted by molar-refractivity contribution is 5.90. The van der Waals surface area contributed by atoms with Gasteiger partial charge in [-0.3, -0.25) is 4.90 Å². The minimum absolute atomic E-state index is 0.197. The van der Waals surface area contributed by atoms with Crippen molar-refractivity contribution in [2.45, 2.75) is 39.8 Å². The van der Waals surface area contributed by atoms with Crippen molar-refractivity contribution in [3.63, 3.8) is 0 Å². The molecule has 0 spiro atoms. The van der Waals surface area contributed by atoms with Gasteiger partial charge in [0.2, 0.25) is 0 Å². The first-order valence-corrected chi connectivity index (χ1v) is 9.21. The summed E-state index contributed by atoms with van der Waals surface area (Å²) in [4.78, 5) is 2.42. The maximum absolute atomic E-state index is 13.2. The number of hydrogen-bond acceptors (Lipinski definition) is 1. The Labute approximate surface area is 154 Å². The number of halogens is 1. The van der Waals surface area contributed by atoms with Crippen LogP contribution in [0.2, 0.25) is 0 Å². The molecule has 4 rings (SSSR count). The molecule has 134 valence electrons. The van der Waals surface area contributed by atoms with E-state index in [1.165, 1.54) is 39.9 Å². The van der Waals surface area contributed by atoms with E-state index in [2.05, 4.69) is 61.7 Å². The molecule has 2 aromatic carbocycles. The molecule has 1 aromatic heterocycles. The van der Waals surface area contributed by atoms with Crippen molar-refractivity contribution < 1.29 is 4.39 Å². The fourth-order valence-electron chi connectivity index (χ4n) is 3.92. The van der Waals surface area contributed by atoms with E-state index in [4.69, 9.17) is 0 Å². The third-order valence-corrected chi connectivity index (χ3v) is 5.65. The Balaban J connectivity index is 1.90. The third kappa shape index (κ3) is 2.86. The maximum atomic E-state index is 13.2. The van der Waals surface area contributed by atoms with Gasteiger partial charge in [0.25, 0.3) is 0 Å². The molecule has 1 unspecified atom stereocenters. The Kier molecular flexibility index (Phi) is 4.20. The van der Waals surface area contributed by atoms with Gasteiger partial charge in [-0.05, 0) is 68.8 Å². The fraction of sp³-hybridized carbons (Fsp3) is 0.304. The lowest BCUT2D eigenvalue weighted by atomic mass is 9.99. The third-order valence-electron chi connectivity index (χ3n) is 5.65. The summed E-state index contributed by atoms with van der Waals surface area (Å²) in [6.07, 6.45) is 3.24. The number of allylic oxidation sites excluding steroid dienone is 1. The first-order valence-electron chi connectivity index (χ1n) is 9.21. The summed E-state index contributed by atoms with van der Waals surface area (Å²) in [6, 6.07) is 14.0. The first-order chi connectivity index (χ1) is 12.4. The molecule has 26 heavy (non-hydrogen) atoms. The van der Waals surface area contributed by atoms with Gasteiger partial charge in [0.15, 0.2) is 0 Å². The zero-order chi connectivity index (χ0) is 18.4.